The number of ether oxygens (including phenoxy) is 1. The molecule has 0 saturated heterocycles. The van der Waals surface area contributed by atoms with E-state index in [1.807, 2.05) is 19.9 Å². The number of aromatic amines is 1. The number of rotatable bonds is 7. The molecule has 1 unspecified atom stereocenters. The van der Waals surface area contributed by atoms with Crippen LogP contribution in [0.3, 0.4) is 0 Å². The Labute approximate surface area is 186 Å². The van der Waals surface area contributed by atoms with Crippen molar-refractivity contribution in [2.24, 2.45) is 0 Å². The minimum absolute atomic E-state index is 0.0453. The first-order chi connectivity index (χ1) is 15.2. The number of carbonyl (C=O) groups is 1. The summed E-state index contributed by atoms with van der Waals surface area (Å²) in [7, 11) is -2.69. The van der Waals surface area contributed by atoms with Gasteiger partial charge >= 0.3 is 6.09 Å². The van der Waals surface area contributed by atoms with Crippen molar-refractivity contribution in [1.29, 1.82) is 4.78 Å². The molecule has 0 radical (unpaired) electrons. The molecule has 0 aromatic carbocycles. The Bertz CT molecular complexity index is 1220. The number of H-pyrrole nitrogens is 1. The number of fused-ring (bicyclic) bond motifs is 1. The number of aromatic nitrogens is 5. The molecule has 172 valence electrons. The van der Waals surface area contributed by atoms with Crippen molar-refractivity contribution in [3.8, 4) is 0 Å². The lowest BCUT2D eigenvalue weighted by molar-refractivity contribution is 0.0981. The van der Waals surface area contributed by atoms with E-state index in [1.165, 1.54) is 6.26 Å². The largest absolute Gasteiger partial charge is 0.446 e. The number of hydrogen-bond donors (Lipinski definition) is 4. The Kier molecular flexibility index (Phi) is 6.04. The summed E-state index contributed by atoms with van der Waals surface area (Å²) in [5.41, 5.74) is 2.26. The Morgan fingerprint density at radius 1 is 1.41 bits per heavy atom. The summed E-state index contributed by atoms with van der Waals surface area (Å²) in [4.78, 5) is 16.2. The van der Waals surface area contributed by atoms with Crippen molar-refractivity contribution in [2.45, 2.75) is 56.9 Å². The Morgan fingerprint density at radius 2 is 2.22 bits per heavy atom. The fourth-order valence-corrected chi connectivity index (χ4v) is 4.61. The molecule has 3 heterocycles. The van der Waals surface area contributed by atoms with Crippen LogP contribution in [0.25, 0.3) is 5.52 Å². The first-order valence-electron chi connectivity index (χ1n) is 10.5. The summed E-state index contributed by atoms with van der Waals surface area (Å²) < 4.78 is 26.6. The van der Waals surface area contributed by atoms with Gasteiger partial charge in [-0.25, -0.2) is 18.5 Å². The first kappa shape index (κ1) is 22.1. The summed E-state index contributed by atoms with van der Waals surface area (Å²) in [5, 5.41) is 17.8. The third kappa shape index (κ3) is 5.36. The fraction of sp³-hybridized carbons (Fsp3) is 0.500. The predicted molar refractivity (Wildman–Crippen MR) is 120 cm³/mol. The fourth-order valence-electron chi connectivity index (χ4n) is 3.90. The molecule has 1 aliphatic carbocycles. The maximum Gasteiger partial charge on any atom is 0.407 e. The van der Waals surface area contributed by atoms with Crippen molar-refractivity contribution in [1.82, 2.24) is 30.1 Å². The van der Waals surface area contributed by atoms with E-state index in [9.17, 15) is 9.00 Å². The van der Waals surface area contributed by atoms with E-state index < -0.39 is 9.73 Å². The summed E-state index contributed by atoms with van der Waals surface area (Å²) in [6.45, 7) is 3.80. The SMILES string of the molecule is CC(C)NC(=O)O[C@@H]1CC[C@H](c2cc(Nc3nccn4nc(CS(C)(=N)=O)cc34)n[nH]2)C1. The lowest BCUT2D eigenvalue weighted by Crippen LogP contribution is -2.33. The second kappa shape index (κ2) is 8.77. The number of carbonyl (C=O) groups excluding carboxylic acids is 1. The van der Waals surface area contributed by atoms with Gasteiger partial charge in [0, 0.05) is 52.1 Å². The topological polar surface area (TPSA) is 150 Å². The molecule has 1 aliphatic rings. The molecule has 0 bridgehead atoms. The van der Waals surface area contributed by atoms with Crippen LogP contribution in [0.15, 0.2) is 24.5 Å². The van der Waals surface area contributed by atoms with Gasteiger partial charge in [0.1, 0.15) is 11.6 Å². The van der Waals surface area contributed by atoms with Crippen molar-refractivity contribution in [3.05, 3.63) is 35.9 Å². The standard InChI is InChI=1S/C20H28N8O3S/c1-12(2)23-20(29)31-15-5-4-13(8-15)16-10-18(26-25-16)24-19-17-9-14(11-32(3,21)30)27-28(17)7-6-22-19/h6-7,9-10,12-13,15,21H,4-5,8,11H2,1-3H3,(H,23,29)(H2,22,24,25,26)/t13-,15+,32?/m0/s1. The lowest BCUT2D eigenvalue weighted by Gasteiger charge is -2.14. The van der Waals surface area contributed by atoms with Crippen LogP contribution in [0.5, 0.6) is 0 Å². The second-order valence-corrected chi connectivity index (χ2v) is 10.9. The molecule has 4 rings (SSSR count). The van der Waals surface area contributed by atoms with Crippen LogP contribution in [-0.4, -0.2) is 53.5 Å². The lowest BCUT2D eigenvalue weighted by atomic mass is 10.0. The molecular formula is C20H28N8O3S. The van der Waals surface area contributed by atoms with Gasteiger partial charge in [0.25, 0.3) is 0 Å². The number of nitrogens with zero attached hydrogens (tertiary/aromatic N) is 4. The van der Waals surface area contributed by atoms with Crippen LogP contribution < -0.4 is 10.6 Å². The van der Waals surface area contributed by atoms with E-state index in [0.29, 0.717) is 22.8 Å². The zero-order chi connectivity index (χ0) is 22.9. The highest BCUT2D eigenvalue weighted by Crippen LogP contribution is 2.36. The van der Waals surface area contributed by atoms with Crippen molar-refractivity contribution in [2.75, 3.05) is 11.6 Å². The van der Waals surface area contributed by atoms with Gasteiger partial charge < -0.3 is 15.4 Å². The molecule has 3 aromatic heterocycles. The number of hydrogen-bond acceptors (Lipinski definition) is 8. The van der Waals surface area contributed by atoms with Gasteiger partial charge in [-0.1, -0.05) is 0 Å². The Balaban J connectivity index is 1.43. The third-order valence-corrected chi connectivity index (χ3v) is 6.06. The zero-order valence-corrected chi connectivity index (χ0v) is 19.1. The molecule has 0 aliphatic heterocycles. The molecule has 0 spiro atoms. The van der Waals surface area contributed by atoms with Crippen LogP contribution in [0.1, 0.15) is 50.4 Å². The van der Waals surface area contributed by atoms with E-state index in [0.717, 1.165) is 25.0 Å². The molecule has 1 fully saturated rings. The van der Waals surface area contributed by atoms with Crippen LogP contribution in [0.4, 0.5) is 16.4 Å². The first-order valence-corrected chi connectivity index (χ1v) is 12.6. The van der Waals surface area contributed by atoms with E-state index >= 15 is 0 Å². The maximum atomic E-state index is 11.8. The van der Waals surface area contributed by atoms with Gasteiger partial charge in [-0.15, -0.1) is 0 Å². The number of anilines is 2. The summed E-state index contributed by atoms with van der Waals surface area (Å²) >= 11 is 0. The van der Waals surface area contributed by atoms with Gasteiger partial charge in [-0.2, -0.15) is 10.2 Å². The predicted octanol–water partition coefficient (Wildman–Crippen LogP) is 3.14. The highest BCUT2D eigenvalue weighted by molar-refractivity contribution is 7.90. The summed E-state index contributed by atoms with van der Waals surface area (Å²) in [6.07, 6.45) is 6.70. The number of amides is 1. The minimum Gasteiger partial charge on any atom is -0.446 e. The third-order valence-electron chi connectivity index (χ3n) is 5.21. The smallest absolute Gasteiger partial charge is 0.407 e. The van der Waals surface area contributed by atoms with Gasteiger partial charge in [-0.05, 0) is 39.2 Å². The van der Waals surface area contributed by atoms with Crippen molar-refractivity contribution in [3.63, 3.8) is 0 Å². The average Bonchev–Trinajstić information content (AvgIpc) is 3.39. The van der Waals surface area contributed by atoms with Gasteiger partial charge in [0.2, 0.25) is 0 Å². The summed E-state index contributed by atoms with van der Waals surface area (Å²) in [6, 6.07) is 3.76. The van der Waals surface area contributed by atoms with Crippen LogP contribution in [0, 0.1) is 4.78 Å². The summed E-state index contributed by atoms with van der Waals surface area (Å²) in [5.74, 6) is 1.50. The van der Waals surface area contributed by atoms with Crippen molar-refractivity contribution >= 4 is 33.0 Å². The number of alkyl carbamates (subject to hydrolysis) is 1. The Hall–Kier alpha value is -3.15. The molecule has 4 N–H and O–H groups in total. The highest BCUT2D eigenvalue weighted by atomic mass is 32.2. The molecular weight excluding hydrogens is 432 g/mol. The van der Waals surface area contributed by atoms with Gasteiger partial charge in [0.15, 0.2) is 11.6 Å². The van der Waals surface area contributed by atoms with E-state index in [-0.39, 0.29) is 29.9 Å². The average molecular weight is 461 g/mol. The normalized spacial score (nSPS) is 20.4. The van der Waals surface area contributed by atoms with E-state index in [1.54, 1.807) is 23.0 Å². The molecule has 12 heteroatoms. The minimum atomic E-state index is -2.69. The molecule has 11 nitrogen and oxygen atoms in total. The highest BCUT2D eigenvalue weighted by Gasteiger charge is 2.30. The molecule has 3 aromatic rings. The van der Waals surface area contributed by atoms with E-state index in [2.05, 4.69) is 30.9 Å². The molecule has 32 heavy (non-hydrogen) atoms. The molecule has 1 amide bonds. The van der Waals surface area contributed by atoms with Crippen LogP contribution in [-0.2, 0) is 20.2 Å². The molecule has 3 atom stereocenters. The van der Waals surface area contributed by atoms with Gasteiger partial charge in [0.05, 0.1) is 11.4 Å². The maximum absolute atomic E-state index is 11.8. The molecule has 1 saturated carbocycles. The van der Waals surface area contributed by atoms with Crippen molar-refractivity contribution < 1.29 is 13.7 Å². The number of nitrogens with one attached hydrogen (secondary N) is 4. The van der Waals surface area contributed by atoms with Crippen LogP contribution in [0.2, 0.25) is 0 Å². The second-order valence-electron chi connectivity index (χ2n) is 8.56. The van der Waals surface area contributed by atoms with Gasteiger partial charge in [-0.3, -0.25) is 9.88 Å². The van der Waals surface area contributed by atoms with Crippen LogP contribution >= 0.6 is 0 Å². The van der Waals surface area contributed by atoms with E-state index in [4.69, 9.17) is 9.52 Å². The quantitative estimate of drug-likeness (QED) is 0.423. The zero-order valence-electron chi connectivity index (χ0n) is 18.3. The monoisotopic (exact) mass is 460 g/mol. The Morgan fingerprint density at radius 3 is 2.97 bits per heavy atom.